The molecule has 0 saturated heterocycles. The molecule has 0 aliphatic heterocycles. The lowest BCUT2D eigenvalue weighted by Gasteiger charge is -2.18. The molecule has 0 heterocycles. The predicted molar refractivity (Wildman–Crippen MR) is 105 cm³/mol. The van der Waals surface area contributed by atoms with E-state index in [0.29, 0.717) is 10.8 Å². The second-order valence-corrected chi connectivity index (χ2v) is 6.62. The van der Waals surface area contributed by atoms with Crippen LogP contribution in [0.1, 0.15) is 36.9 Å². The molecule has 5 nitrogen and oxygen atoms in total. The number of rotatable bonds is 9. The Hall–Kier alpha value is -2.53. The summed E-state index contributed by atoms with van der Waals surface area (Å²) in [5.74, 6) is -0.396. The maximum absolute atomic E-state index is 12.1. The van der Waals surface area contributed by atoms with Gasteiger partial charge in [-0.05, 0) is 42.7 Å². The first-order chi connectivity index (χ1) is 13.0. The molecule has 2 aromatic rings. The van der Waals surface area contributed by atoms with Gasteiger partial charge in [0.2, 0.25) is 0 Å². The molecule has 6 heteroatoms. The lowest BCUT2D eigenvalue weighted by Crippen LogP contribution is -2.33. The third kappa shape index (κ3) is 6.94. The number of carbonyl (C=O) groups is 2. The monoisotopic (exact) mass is 389 g/mol. The third-order valence-corrected chi connectivity index (χ3v) is 4.20. The molecule has 0 bridgehead atoms. The maximum Gasteiger partial charge on any atom is 0.344 e. The first-order valence-electron chi connectivity index (χ1n) is 8.88. The van der Waals surface area contributed by atoms with Crippen LogP contribution in [0, 0.1) is 6.92 Å². The molecular formula is C21H24ClNO4. The van der Waals surface area contributed by atoms with Crippen LogP contribution in [0.25, 0.3) is 0 Å². The number of aryl methyl sites for hydroxylation is 1. The molecule has 2 aromatic carbocycles. The van der Waals surface area contributed by atoms with Crippen LogP contribution < -0.4 is 10.1 Å². The Morgan fingerprint density at radius 2 is 1.85 bits per heavy atom. The van der Waals surface area contributed by atoms with Crippen LogP contribution in [0.15, 0.2) is 48.5 Å². The number of esters is 1. The van der Waals surface area contributed by atoms with Crippen LogP contribution in [0.5, 0.6) is 5.75 Å². The number of ether oxygens (including phenoxy) is 2. The summed E-state index contributed by atoms with van der Waals surface area (Å²) < 4.78 is 10.4. The van der Waals surface area contributed by atoms with Gasteiger partial charge >= 0.3 is 5.97 Å². The summed E-state index contributed by atoms with van der Waals surface area (Å²) in [6, 6.07) is 14.7. The van der Waals surface area contributed by atoms with Gasteiger partial charge in [-0.2, -0.15) is 0 Å². The van der Waals surface area contributed by atoms with Crippen LogP contribution in [0.3, 0.4) is 0 Å². The molecule has 0 unspecified atom stereocenters. The summed E-state index contributed by atoms with van der Waals surface area (Å²) in [5.41, 5.74) is 1.85. The highest BCUT2D eigenvalue weighted by atomic mass is 35.5. The van der Waals surface area contributed by atoms with Crippen molar-refractivity contribution in [2.75, 3.05) is 13.2 Å². The van der Waals surface area contributed by atoms with Crippen molar-refractivity contribution in [3.8, 4) is 5.75 Å². The maximum atomic E-state index is 12.1. The van der Waals surface area contributed by atoms with Crippen LogP contribution in [0.4, 0.5) is 0 Å². The van der Waals surface area contributed by atoms with Gasteiger partial charge in [-0.25, -0.2) is 4.79 Å². The van der Waals surface area contributed by atoms with E-state index in [-0.39, 0.29) is 25.2 Å². The molecular weight excluding hydrogens is 366 g/mol. The van der Waals surface area contributed by atoms with Crippen molar-refractivity contribution >= 4 is 23.5 Å². The Morgan fingerprint density at radius 1 is 1.11 bits per heavy atom. The first-order valence-corrected chi connectivity index (χ1v) is 9.26. The fourth-order valence-electron chi connectivity index (χ4n) is 2.63. The van der Waals surface area contributed by atoms with Crippen molar-refractivity contribution < 1.29 is 19.1 Å². The lowest BCUT2D eigenvalue weighted by atomic mass is 10.0. The molecule has 0 aliphatic carbocycles. The van der Waals surface area contributed by atoms with Crippen LogP contribution >= 0.6 is 11.6 Å². The molecule has 1 N–H and O–H groups in total. The van der Waals surface area contributed by atoms with Crippen molar-refractivity contribution in [2.45, 2.75) is 32.7 Å². The Labute approximate surface area is 164 Å². The smallest absolute Gasteiger partial charge is 0.344 e. The van der Waals surface area contributed by atoms with Gasteiger partial charge in [0.15, 0.2) is 13.2 Å². The molecule has 0 aliphatic rings. The van der Waals surface area contributed by atoms with E-state index >= 15 is 0 Å². The van der Waals surface area contributed by atoms with E-state index in [4.69, 9.17) is 21.1 Å². The van der Waals surface area contributed by atoms with Gasteiger partial charge < -0.3 is 14.8 Å². The summed E-state index contributed by atoms with van der Waals surface area (Å²) >= 11 is 5.88. The highest BCUT2D eigenvalue weighted by molar-refractivity contribution is 6.30. The molecule has 144 valence electrons. The van der Waals surface area contributed by atoms with Gasteiger partial charge in [-0.15, -0.1) is 0 Å². The molecule has 0 aromatic heterocycles. The fourth-order valence-corrected chi connectivity index (χ4v) is 2.86. The fraction of sp³-hybridized carbons (Fsp3) is 0.333. The zero-order valence-corrected chi connectivity index (χ0v) is 16.3. The van der Waals surface area contributed by atoms with Crippen molar-refractivity contribution in [2.24, 2.45) is 0 Å². The Balaban J connectivity index is 1.79. The molecule has 2 rings (SSSR count). The minimum Gasteiger partial charge on any atom is -0.482 e. The van der Waals surface area contributed by atoms with E-state index in [1.165, 1.54) is 0 Å². The number of amides is 1. The molecule has 0 fully saturated rings. The van der Waals surface area contributed by atoms with Gasteiger partial charge in [0.25, 0.3) is 5.91 Å². The minimum absolute atomic E-state index is 0.102. The van der Waals surface area contributed by atoms with Crippen LogP contribution in [0.2, 0.25) is 5.02 Å². The van der Waals surface area contributed by atoms with E-state index in [2.05, 4.69) is 12.2 Å². The van der Waals surface area contributed by atoms with Gasteiger partial charge in [0, 0.05) is 5.02 Å². The van der Waals surface area contributed by atoms with Crippen molar-refractivity contribution in [1.29, 1.82) is 0 Å². The second-order valence-electron chi connectivity index (χ2n) is 6.18. The summed E-state index contributed by atoms with van der Waals surface area (Å²) in [6.07, 6.45) is 1.73. The van der Waals surface area contributed by atoms with Gasteiger partial charge in [-0.1, -0.05) is 55.3 Å². The Kier molecular flexibility index (Phi) is 8.14. The topological polar surface area (TPSA) is 64.6 Å². The molecule has 1 amide bonds. The Morgan fingerprint density at radius 3 is 2.52 bits per heavy atom. The van der Waals surface area contributed by atoms with Gasteiger partial charge in [0.05, 0.1) is 6.04 Å². The number of carbonyl (C=O) groups excluding carboxylic acids is 2. The normalized spacial score (nSPS) is 11.5. The number of hydrogen-bond acceptors (Lipinski definition) is 4. The standard InChI is InChI=1S/C21H24ClNO4/c1-3-7-18(16-8-5-4-6-9-16)23-20(24)13-27-21(25)14-26-19-11-10-17(22)12-15(19)2/h4-6,8-12,18H,3,7,13-14H2,1-2H3,(H,23,24)/t18-/m0/s1. The molecule has 0 radical (unpaired) electrons. The lowest BCUT2D eigenvalue weighted by molar-refractivity contribution is -0.150. The molecule has 27 heavy (non-hydrogen) atoms. The number of nitrogens with one attached hydrogen (secondary N) is 1. The first kappa shape index (κ1) is 20.8. The predicted octanol–water partition coefficient (Wildman–Crippen LogP) is 4.23. The van der Waals surface area contributed by atoms with Gasteiger partial charge in [-0.3, -0.25) is 4.79 Å². The highest BCUT2D eigenvalue weighted by Crippen LogP contribution is 2.21. The summed E-state index contributed by atoms with van der Waals surface area (Å²) in [5, 5.41) is 3.50. The number of halogens is 1. The minimum atomic E-state index is -0.605. The molecule has 0 saturated carbocycles. The summed E-state index contributed by atoms with van der Waals surface area (Å²) in [6.45, 7) is 3.28. The van der Waals surface area contributed by atoms with E-state index in [1.807, 2.05) is 37.3 Å². The van der Waals surface area contributed by atoms with Crippen LogP contribution in [-0.4, -0.2) is 25.1 Å². The Bertz CT molecular complexity index is 764. The SMILES string of the molecule is CCC[C@H](NC(=O)COC(=O)COc1ccc(Cl)cc1C)c1ccccc1. The third-order valence-electron chi connectivity index (χ3n) is 3.96. The van der Waals surface area contributed by atoms with E-state index in [0.717, 1.165) is 24.0 Å². The number of benzene rings is 2. The van der Waals surface area contributed by atoms with Crippen molar-refractivity contribution in [3.63, 3.8) is 0 Å². The molecule has 0 spiro atoms. The average Bonchev–Trinajstić information content (AvgIpc) is 2.66. The van der Waals surface area contributed by atoms with Gasteiger partial charge in [0.1, 0.15) is 5.75 Å². The van der Waals surface area contributed by atoms with E-state index in [9.17, 15) is 9.59 Å². The zero-order chi connectivity index (χ0) is 19.6. The molecule has 1 atom stereocenters. The van der Waals surface area contributed by atoms with Crippen molar-refractivity contribution in [3.05, 3.63) is 64.7 Å². The second kappa shape index (κ2) is 10.6. The van der Waals surface area contributed by atoms with E-state index in [1.54, 1.807) is 18.2 Å². The van der Waals surface area contributed by atoms with Crippen molar-refractivity contribution in [1.82, 2.24) is 5.32 Å². The highest BCUT2D eigenvalue weighted by Gasteiger charge is 2.15. The largest absolute Gasteiger partial charge is 0.482 e. The average molecular weight is 390 g/mol. The summed E-state index contributed by atoms with van der Waals surface area (Å²) in [4.78, 5) is 24.0. The number of hydrogen-bond donors (Lipinski definition) is 1. The van der Waals surface area contributed by atoms with Crippen LogP contribution in [-0.2, 0) is 14.3 Å². The zero-order valence-electron chi connectivity index (χ0n) is 15.5. The van der Waals surface area contributed by atoms with E-state index < -0.39 is 5.97 Å². The quantitative estimate of drug-likeness (QED) is 0.652. The summed E-state index contributed by atoms with van der Waals surface area (Å²) in [7, 11) is 0.